The van der Waals surface area contributed by atoms with Crippen molar-refractivity contribution in [3.8, 4) is 5.75 Å². The Morgan fingerprint density at radius 3 is 2.21 bits per heavy atom. The third kappa shape index (κ3) is 3.61. The Morgan fingerprint density at radius 2 is 1.57 bits per heavy atom. The van der Waals surface area contributed by atoms with Crippen LogP contribution >= 0.6 is 0 Å². The molecule has 28 heavy (non-hydrogen) atoms. The van der Waals surface area contributed by atoms with Crippen molar-refractivity contribution in [2.75, 3.05) is 0 Å². The molecule has 0 saturated heterocycles. The fourth-order valence-corrected chi connectivity index (χ4v) is 4.66. The first-order valence-electron chi connectivity index (χ1n) is 9.79. The fourth-order valence-electron chi connectivity index (χ4n) is 4.66. The van der Waals surface area contributed by atoms with Gasteiger partial charge in [-0.1, -0.05) is 12.2 Å². The predicted molar refractivity (Wildman–Crippen MR) is 97.7 cm³/mol. The van der Waals surface area contributed by atoms with Gasteiger partial charge in [0.25, 0.3) is 5.91 Å². The van der Waals surface area contributed by atoms with Crippen molar-refractivity contribution in [1.29, 1.82) is 0 Å². The number of hydrogen-bond acceptors (Lipinski definition) is 5. The van der Waals surface area contributed by atoms with Crippen molar-refractivity contribution >= 4 is 17.8 Å². The van der Waals surface area contributed by atoms with Crippen LogP contribution in [0.3, 0.4) is 0 Å². The number of carboxylic acid groups (broad SMARTS) is 1. The average molecular weight is 383 g/mol. The zero-order valence-electron chi connectivity index (χ0n) is 15.4. The summed E-state index contributed by atoms with van der Waals surface area (Å²) in [6.45, 7) is 0. The van der Waals surface area contributed by atoms with E-state index in [1.807, 2.05) is 12.2 Å². The molecule has 4 rings (SSSR count). The molecule has 2 amide bonds. The molecule has 4 atom stereocenters. The van der Waals surface area contributed by atoms with Crippen LogP contribution in [0.2, 0.25) is 0 Å². The molecular weight excluding hydrogens is 360 g/mol. The highest BCUT2D eigenvalue weighted by atomic mass is 16.5. The van der Waals surface area contributed by atoms with Crippen LogP contribution in [0.1, 0.15) is 42.5 Å². The Morgan fingerprint density at radius 1 is 0.929 bits per heavy atom. The predicted octanol–water partition coefficient (Wildman–Crippen LogP) is 0.957. The maximum Gasteiger partial charge on any atom is 0.269 e. The number of rotatable bonds is 5. The summed E-state index contributed by atoms with van der Waals surface area (Å²) in [5.74, 6) is -3.34. The van der Waals surface area contributed by atoms with Gasteiger partial charge in [-0.05, 0) is 68.2 Å². The van der Waals surface area contributed by atoms with Gasteiger partial charge in [0.15, 0.2) is 0 Å². The smallest absolute Gasteiger partial charge is 0.269 e. The zero-order chi connectivity index (χ0) is 19.7. The molecule has 2 N–H and O–H groups in total. The van der Waals surface area contributed by atoms with Crippen LogP contribution in [0.4, 0.5) is 0 Å². The molecule has 1 aromatic rings. The van der Waals surface area contributed by atoms with Gasteiger partial charge >= 0.3 is 0 Å². The van der Waals surface area contributed by atoms with E-state index in [-0.39, 0.29) is 17.9 Å². The summed E-state index contributed by atoms with van der Waals surface area (Å²) in [6, 6.07) is 6.75. The van der Waals surface area contributed by atoms with Gasteiger partial charge in [-0.25, -0.2) is 0 Å². The van der Waals surface area contributed by atoms with E-state index in [4.69, 9.17) is 4.74 Å². The molecule has 0 unspecified atom stereocenters. The number of nitrogens with one attached hydrogen (secondary N) is 2. The van der Waals surface area contributed by atoms with E-state index in [1.165, 1.54) is 12.8 Å². The first-order valence-corrected chi connectivity index (χ1v) is 9.79. The van der Waals surface area contributed by atoms with Gasteiger partial charge in [0.1, 0.15) is 5.75 Å². The van der Waals surface area contributed by atoms with Gasteiger partial charge in [-0.15, -0.1) is 0 Å². The summed E-state index contributed by atoms with van der Waals surface area (Å²) in [5.41, 5.74) is 5.12. The largest absolute Gasteiger partial charge is 0.550 e. The van der Waals surface area contributed by atoms with Crippen molar-refractivity contribution in [1.82, 2.24) is 10.9 Å². The molecule has 0 radical (unpaired) electrons. The summed E-state index contributed by atoms with van der Waals surface area (Å²) in [5, 5.41) is 11.4. The fraction of sp³-hybridized carbons (Fsp3) is 0.476. The first kappa shape index (κ1) is 18.5. The second kappa shape index (κ2) is 7.66. The van der Waals surface area contributed by atoms with Crippen LogP contribution in [0.15, 0.2) is 36.4 Å². The number of amides is 2. The van der Waals surface area contributed by atoms with E-state index >= 15 is 0 Å². The summed E-state index contributed by atoms with van der Waals surface area (Å²) in [7, 11) is 0. The summed E-state index contributed by atoms with van der Waals surface area (Å²) < 4.78 is 5.87. The lowest BCUT2D eigenvalue weighted by atomic mass is 9.82. The standard InChI is InChI=1S/C21H24N2O5/c24-19(12-7-9-16(10-8-12)28-15-3-1-2-4-15)22-23-20(25)17-13-5-6-14(11-13)18(17)21(26)27/h5-10,13-15,17-18H,1-4,11H2,(H,22,24)(H,23,25)(H,26,27)/p-1/t13-,14-,17-,18-/m0/s1. The van der Waals surface area contributed by atoms with Crippen LogP contribution in [-0.2, 0) is 9.59 Å². The lowest BCUT2D eigenvalue weighted by Crippen LogP contribution is -2.50. The first-order chi connectivity index (χ1) is 13.5. The van der Waals surface area contributed by atoms with Gasteiger partial charge in [0.2, 0.25) is 5.91 Å². The lowest BCUT2D eigenvalue weighted by Gasteiger charge is -2.27. The number of ether oxygens (including phenoxy) is 1. The Kier molecular flexibility index (Phi) is 5.07. The highest BCUT2D eigenvalue weighted by molar-refractivity contribution is 5.96. The number of allylic oxidation sites excluding steroid dienone is 2. The number of hydrazine groups is 1. The van der Waals surface area contributed by atoms with Crippen molar-refractivity contribution in [2.24, 2.45) is 23.7 Å². The molecule has 0 aliphatic heterocycles. The molecule has 7 nitrogen and oxygen atoms in total. The molecule has 1 aromatic carbocycles. The molecule has 0 aromatic heterocycles. The lowest BCUT2D eigenvalue weighted by molar-refractivity contribution is -0.313. The summed E-state index contributed by atoms with van der Waals surface area (Å²) >= 11 is 0. The van der Waals surface area contributed by atoms with Crippen LogP contribution in [0, 0.1) is 23.7 Å². The van der Waals surface area contributed by atoms with Gasteiger partial charge in [-0.3, -0.25) is 20.4 Å². The number of carbonyl (C=O) groups excluding carboxylic acids is 3. The van der Waals surface area contributed by atoms with Crippen molar-refractivity contribution in [3.05, 3.63) is 42.0 Å². The maximum absolute atomic E-state index is 12.5. The van der Waals surface area contributed by atoms with E-state index < -0.39 is 29.6 Å². The highest BCUT2D eigenvalue weighted by Gasteiger charge is 2.48. The van der Waals surface area contributed by atoms with Gasteiger partial charge in [0, 0.05) is 17.5 Å². The van der Waals surface area contributed by atoms with Gasteiger partial charge in [-0.2, -0.15) is 0 Å². The number of aliphatic carboxylic acids is 1. The molecule has 0 heterocycles. The zero-order valence-corrected chi connectivity index (χ0v) is 15.4. The van der Waals surface area contributed by atoms with Crippen LogP contribution in [0.5, 0.6) is 5.75 Å². The Balaban J connectivity index is 1.32. The van der Waals surface area contributed by atoms with E-state index in [0.717, 1.165) is 18.6 Å². The number of carbonyl (C=O) groups is 3. The third-order valence-corrected chi connectivity index (χ3v) is 6.05. The Bertz CT molecular complexity index is 798. The summed E-state index contributed by atoms with van der Waals surface area (Å²) in [6.07, 6.45) is 9.06. The number of fused-ring (bicyclic) bond motifs is 2. The number of carboxylic acids is 1. The van der Waals surface area contributed by atoms with Crippen LogP contribution in [-0.4, -0.2) is 23.9 Å². The van der Waals surface area contributed by atoms with Crippen molar-refractivity contribution < 1.29 is 24.2 Å². The molecule has 2 bridgehead atoms. The molecule has 2 saturated carbocycles. The Hall–Kier alpha value is -2.83. The number of benzene rings is 1. The third-order valence-electron chi connectivity index (χ3n) is 6.05. The van der Waals surface area contributed by atoms with E-state index in [1.54, 1.807) is 24.3 Å². The number of hydrogen-bond donors (Lipinski definition) is 2. The van der Waals surface area contributed by atoms with Gasteiger partial charge < -0.3 is 14.6 Å². The summed E-state index contributed by atoms with van der Waals surface area (Å²) in [4.78, 5) is 36.1. The minimum Gasteiger partial charge on any atom is -0.550 e. The molecule has 2 fully saturated rings. The molecular formula is C21H23N2O5-. The monoisotopic (exact) mass is 383 g/mol. The van der Waals surface area contributed by atoms with Crippen LogP contribution < -0.4 is 20.7 Å². The molecule has 3 aliphatic rings. The molecule has 3 aliphatic carbocycles. The molecule has 148 valence electrons. The SMILES string of the molecule is O=C(NNC(=O)[C@@H]1[C@@H](C(=O)[O-])[C@H]2C=C[C@H]1C2)c1ccc(OC2CCCC2)cc1. The second-order valence-corrected chi connectivity index (χ2v) is 7.81. The van der Waals surface area contributed by atoms with Crippen molar-refractivity contribution in [2.45, 2.75) is 38.2 Å². The van der Waals surface area contributed by atoms with Crippen molar-refractivity contribution in [3.63, 3.8) is 0 Å². The minimum absolute atomic E-state index is 0.128. The maximum atomic E-state index is 12.5. The molecule has 7 heteroatoms. The second-order valence-electron chi connectivity index (χ2n) is 7.81. The normalized spacial score (nSPS) is 28.3. The topological polar surface area (TPSA) is 108 Å². The van der Waals surface area contributed by atoms with Gasteiger partial charge in [0.05, 0.1) is 12.0 Å². The van der Waals surface area contributed by atoms with E-state index in [0.29, 0.717) is 12.0 Å². The van der Waals surface area contributed by atoms with E-state index in [2.05, 4.69) is 10.9 Å². The highest BCUT2D eigenvalue weighted by Crippen LogP contribution is 2.47. The minimum atomic E-state index is -1.22. The average Bonchev–Trinajstić information content (AvgIpc) is 3.43. The Labute approximate surface area is 163 Å². The quantitative estimate of drug-likeness (QED) is 0.582. The molecule has 0 spiro atoms. The van der Waals surface area contributed by atoms with E-state index in [9.17, 15) is 19.5 Å². The van der Waals surface area contributed by atoms with Crippen LogP contribution in [0.25, 0.3) is 0 Å².